The van der Waals surface area contributed by atoms with Crippen LogP contribution in [0.4, 0.5) is 0 Å². The number of unbranched alkanes of at least 4 members (excludes halogenated alkanes) is 1. The Balaban J connectivity index is 1.91. The summed E-state index contributed by atoms with van der Waals surface area (Å²) in [5, 5.41) is 3.65. The summed E-state index contributed by atoms with van der Waals surface area (Å²) in [7, 11) is 0. The van der Waals surface area contributed by atoms with Gasteiger partial charge in [-0.15, -0.1) is 0 Å². The second-order valence-electron chi connectivity index (χ2n) is 3.69. The Kier molecular flexibility index (Phi) is 6.40. The Bertz CT molecular complexity index is 100. The lowest BCUT2D eigenvalue weighted by Crippen LogP contribution is -2.31. The molecule has 0 atom stereocenters. The van der Waals surface area contributed by atoms with Gasteiger partial charge < -0.3 is 5.32 Å². The summed E-state index contributed by atoms with van der Waals surface area (Å²) in [5.41, 5.74) is 0. The highest BCUT2D eigenvalue weighted by atomic mass is 127. The number of hydrogen-bond acceptors (Lipinski definition) is 1. The van der Waals surface area contributed by atoms with Gasteiger partial charge in [-0.3, -0.25) is 0 Å². The standard InChI is InChI=1S/C10H20IN/c11-8-4-5-9-12-10-6-2-1-3-7-10/h10,12H,1-9H2. The fourth-order valence-electron chi connectivity index (χ4n) is 1.83. The number of rotatable bonds is 5. The molecule has 0 bridgehead atoms. The van der Waals surface area contributed by atoms with Crippen LogP contribution in [0, 0.1) is 0 Å². The first kappa shape index (κ1) is 10.8. The van der Waals surface area contributed by atoms with Crippen molar-refractivity contribution in [2.45, 2.75) is 51.0 Å². The van der Waals surface area contributed by atoms with E-state index in [2.05, 4.69) is 27.9 Å². The van der Waals surface area contributed by atoms with Crippen molar-refractivity contribution in [3.63, 3.8) is 0 Å². The molecule has 0 radical (unpaired) electrons. The molecule has 2 heteroatoms. The highest BCUT2D eigenvalue weighted by Crippen LogP contribution is 2.17. The van der Waals surface area contributed by atoms with Crippen molar-refractivity contribution in [3.8, 4) is 0 Å². The smallest absolute Gasteiger partial charge is 0.00670 e. The first-order chi connectivity index (χ1) is 5.93. The molecule has 0 heterocycles. The molecule has 1 rings (SSSR count). The van der Waals surface area contributed by atoms with Gasteiger partial charge in [0.25, 0.3) is 0 Å². The maximum atomic E-state index is 3.65. The predicted molar refractivity (Wildman–Crippen MR) is 63.0 cm³/mol. The van der Waals surface area contributed by atoms with Crippen LogP contribution in [-0.4, -0.2) is 17.0 Å². The number of hydrogen-bond donors (Lipinski definition) is 1. The van der Waals surface area contributed by atoms with Crippen molar-refractivity contribution < 1.29 is 0 Å². The van der Waals surface area contributed by atoms with Crippen molar-refractivity contribution in [3.05, 3.63) is 0 Å². The lowest BCUT2D eigenvalue weighted by molar-refractivity contribution is 0.372. The number of nitrogens with one attached hydrogen (secondary N) is 1. The second kappa shape index (κ2) is 7.13. The van der Waals surface area contributed by atoms with Crippen molar-refractivity contribution in [1.29, 1.82) is 0 Å². The van der Waals surface area contributed by atoms with Gasteiger partial charge in [0.2, 0.25) is 0 Å². The van der Waals surface area contributed by atoms with E-state index in [1.54, 1.807) is 0 Å². The van der Waals surface area contributed by atoms with Crippen LogP contribution in [0.25, 0.3) is 0 Å². The molecule has 1 nitrogen and oxygen atoms in total. The Morgan fingerprint density at radius 3 is 2.50 bits per heavy atom. The third-order valence-corrected chi connectivity index (χ3v) is 3.36. The fourth-order valence-corrected chi connectivity index (χ4v) is 2.37. The molecular weight excluding hydrogens is 261 g/mol. The van der Waals surface area contributed by atoms with Gasteiger partial charge in [0.05, 0.1) is 0 Å². The first-order valence-electron chi connectivity index (χ1n) is 5.23. The zero-order chi connectivity index (χ0) is 8.65. The maximum absolute atomic E-state index is 3.65. The molecule has 0 aliphatic heterocycles. The zero-order valence-electron chi connectivity index (χ0n) is 7.82. The molecule has 1 fully saturated rings. The topological polar surface area (TPSA) is 12.0 Å². The summed E-state index contributed by atoms with van der Waals surface area (Å²) in [4.78, 5) is 0. The summed E-state index contributed by atoms with van der Waals surface area (Å²) in [5.74, 6) is 0. The van der Waals surface area contributed by atoms with Crippen LogP contribution in [0.5, 0.6) is 0 Å². The largest absolute Gasteiger partial charge is 0.314 e. The Morgan fingerprint density at radius 2 is 1.83 bits per heavy atom. The molecule has 1 aliphatic rings. The predicted octanol–water partition coefficient (Wildman–Crippen LogP) is 3.12. The molecule has 0 aromatic heterocycles. The van der Waals surface area contributed by atoms with Crippen LogP contribution in [0.15, 0.2) is 0 Å². The molecule has 0 aromatic rings. The Labute approximate surface area is 89.8 Å². The van der Waals surface area contributed by atoms with Gasteiger partial charge in [-0.05, 0) is 36.7 Å². The molecule has 72 valence electrons. The summed E-state index contributed by atoms with van der Waals surface area (Å²) in [6.45, 7) is 1.24. The van der Waals surface area contributed by atoms with E-state index in [4.69, 9.17) is 0 Å². The van der Waals surface area contributed by atoms with E-state index in [1.165, 1.54) is 55.9 Å². The monoisotopic (exact) mass is 281 g/mol. The van der Waals surface area contributed by atoms with Gasteiger partial charge in [0.1, 0.15) is 0 Å². The molecule has 1 N–H and O–H groups in total. The fraction of sp³-hybridized carbons (Fsp3) is 1.00. The average molecular weight is 281 g/mol. The van der Waals surface area contributed by atoms with E-state index in [9.17, 15) is 0 Å². The maximum Gasteiger partial charge on any atom is 0.00670 e. The lowest BCUT2D eigenvalue weighted by Gasteiger charge is -2.22. The normalized spacial score (nSPS) is 19.8. The first-order valence-corrected chi connectivity index (χ1v) is 6.75. The van der Waals surface area contributed by atoms with Crippen LogP contribution in [0.3, 0.4) is 0 Å². The third kappa shape index (κ3) is 4.65. The van der Waals surface area contributed by atoms with Crippen molar-refractivity contribution in [2.24, 2.45) is 0 Å². The van der Waals surface area contributed by atoms with E-state index in [-0.39, 0.29) is 0 Å². The van der Waals surface area contributed by atoms with Gasteiger partial charge in [-0.25, -0.2) is 0 Å². The lowest BCUT2D eigenvalue weighted by atomic mass is 9.95. The number of halogens is 1. The van der Waals surface area contributed by atoms with Gasteiger partial charge >= 0.3 is 0 Å². The quantitative estimate of drug-likeness (QED) is 0.464. The highest BCUT2D eigenvalue weighted by molar-refractivity contribution is 14.1. The summed E-state index contributed by atoms with van der Waals surface area (Å²) in [6, 6.07) is 0.855. The molecule has 0 unspecified atom stereocenters. The molecule has 0 aromatic carbocycles. The summed E-state index contributed by atoms with van der Waals surface area (Å²) in [6.07, 6.45) is 9.94. The van der Waals surface area contributed by atoms with E-state index in [0.29, 0.717) is 0 Å². The highest BCUT2D eigenvalue weighted by Gasteiger charge is 2.11. The third-order valence-electron chi connectivity index (χ3n) is 2.60. The number of alkyl halides is 1. The minimum Gasteiger partial charge on any atom is -0.314 e. The minimum absolute atomic E-state index is 0.855. The molecule has 1 aliphatic carbocycles. The van der Waals surface area contributed by atoms with Crippen molar-refractivity contribution in [2.75, 3.05) is 11.0 Å². The summed E-state index contributed by atoms with van der Waals surface area (Å²) >= 11 is 2.45. The molecule has 12 heavy (non-hydrogen) atoms. The van der Waals surface area contributed by atoms with Gasteiger partial charge in [-0.2, -0.15) is 0 Å². The van der Waals surface area contributed by atoms with Crippen LogP contribution >= 0.6 is 22.6 Å². The second-order valence-corrected chi connectivity index (χ2v) is 4.76. The Hall–Kier alpha value is 0.690. The van der Waals surface area contributed by atoms with Crippen LogP contribution < -0.4 is 5.32 Å². The van der Waals surface area contributed by atoms with Gasteiger partial charge in [0.15, 0.2) is 0 Å². The van der Waals surface area contributed by atoms with Crippen LogP contribution in [-0.2, 0) is 0 Å². The SMILES string of the molecule is ICCCCNC1CCCCC1. The molecular formula is C10H20IN. The van der Waals surface area contributed by atoms with Gasteiger partial charge in [0, 0.05) is 6.04 Å². The molecule has 0 amide bonds. The van der Waals surface area contributed by atoms with Crippen LogP contribution in [0.1, 0.15) is 44.9 Å². The van der Waals surface area contributed by atoms with E-state index < -0.39 is 0 Å². The Morgan fingerprint density at radius 1 is 1.08 bits per heavy atom. The van der Waals surface area contributed by atoms with E-state index in [0.717, 1.165) is 6.04 Å². The van der Waals surface area contributed by atoms with Crippen molar-refractivity contribution in [1.82, 2.24) is 5.32 Å². The van der Waals surface area contributed by atoms with Crippen LogP contribution in [0.2, 0.25) is 0 Å². The van der Waals surface area contributed by atoms with Crippen molar-refractivity contribution >= 4 is 22.6 Å². The molecule has 0 saturated heterocycles. The minimum atomic E-state index is 0.855. The molecule has 1 saturated carbocycles. The van der Waals surface area contributed by atoms with E-state index >= 15 is 0 Å². The average Bonchev–Trinajstić information content (AvgIpc) is 2.14. The summed E-state index contributed by atoms with van der Waals surface area (Å²) < 4.78 is 1.31. The molecule has 0 spiro atoms. The zero-order valence-corrected chi connectivity index (χ0v) is 9.98. The van der Waals surface area contributed by atoms with E-state index in [1.807, 2.05) is 0 Å². The van der Waals surface area contributed by atoms with Gasteiger partial charge in [-0.1, -0.05) is 41.9 Å².